The van der Waals surface area contributed by atoms with Crippen LogP contribution in [0.5, 0.6) is 5.75 Å². The zero-order valence-electron chi connectivity index (χ0n) is 18.7. The smallest absolute Gasteiger partial charge is 0.347 e. The molecule has 3 rings (SSSR count). The Morgan fingerprint density at radius 2 is 1.84 bits per heavy atom. The van der Waals surface area contributed by atoms with E-state index in [9.17, 15) is 9.59 Å². The highest BCUT2D eigenvalue weighted by atomic mass is 16.5. The van der Waals surface area contributed by atoms with Gasteiger partial charge in [-0.25, -0.2) is 4.79 Å². The van der Waals surface area contributed by atoms with E-state index in [4.69, 9.17) is 13.9 Å². The van der Waals surface area contributed by atoms with Crippen molar-refractivity contribution in [3.63, 3.8) is 0 Å². The van der Waals surface area contributed by atoms with E-state index >= 15 is 0 Å². The number of fused-ring (bicyclic) bond motifs is 3. The van der Waals surface area contributed by atoms with E-state index < -0.39 is 5.60 Å². The Kier molecular flexibility index (Phi) is 7.16. The van der Waals surface area contributed by atoms with Crippen LogP contribution in [0.2, 0.25) is 0 Å². The maximum Gasteiger partial charge on any atom is 0.347 e. The fourth-order valence-corrected chi connectivity index (χ4v) is 3.58. The van der Waals surface area contributed by atoms with Gasteiger partial charge in [-0.05, 0) is 76.3 Å². The molecule has 0 aliphatic carbocycles. The number of hydrogen-bond acceptors (Lipinski definition) is 5. The molecule has 2 heterocycles. The molecule has 1 aromatic heterocycles. The SMILES string of the molecule is CC(=O)OC/C(C)=C\CC/C(C)=C/CC[C@@]1(C)C=Cc2c(c3ccccc3oc2=O)O1. The van der Waals surface area contributed by atoms with Gasteiger partial charge in [0.25, 0.3) is 0 Å². The lowest BCUT2D eigenvalue weighted by Crippen LogP contribution is -2.33. The molecule has 0 fully saturated rings. The van der Waals surface area contributed by atoms with Crippen molar-refractivity contribution in [3.8, 4) is 5.75 Å². The summed E-state index contributed by atoms with van der Waals surface area (Å²) in [4.78, 5) is 23.1. The van der Waals surface area contributed by atoms with Crippen molar-refractivity contribution >= 4 is 23.0 Å². The van der Waals surface area contributed by atoms with Gasteiger partial charge in [0, 0.05) is 6.92 Å². The summed E-state index contributed by atoms with van der Waals surface area (Å²) in [5.41, 5.74) is 2.52. The largest absolute Gasteiger partial charge is 0.482 e. The monoisotopic (exact) mass is 422 g/mol. The molecule has 0 unspecified atom stereocenters. The molecule has 0 N–H and O–H groups in total. The van der Waals surface area contributed by atoms with Crippen molar-refractivity contribution in [3.05, 3.63) is 69.6 Å². The van der Waals surface area contributed by atoms with Crippen LogP contribution in [0.1, 0.15) is 58.9 Å². The molecular formula is C26H30O5. The normalized spacial score (nSPS) is 18.6. The van der Waals surface area contributed by atoms with Crippen LogP contribution in [0.15, 0.2) is 62.9 Å². The van der Waals surface area contributed by atoms with Crippen LogP contribution in [-0.2, 0) is 9.53 Å². The molecule has 31 heavy (non-hydrogen) atoms. The second-order valence-electron chi connectivity index (χ2n) is 8.34. The van der Waals surface area contributed by atoms with E-state index in [1.807, 2.05) is 44.2 Å². The highest BCUT2D eigenvalue weighted by Gasteiger charge is 2.29. The van der Waals surface area contributed by atoms with E-state index in [0.29, 0.717) is 23.5 Å². The predicted octanol–water partition coefficient (Wildman–Crippen LogP) is 5.97. The average molecular weight is 423 g/mol. The van der Waals surface area contributed by atoms with Crippen LogP contribution in [-0.4, -0.2) is 18.2 Å². The van der Waals surface area contributed by atoms with Gasteiger partial charge in [0.05, 0.1) is 5.39 Å². The highest BCUT2D eigenvalue weighted by Crippen LogP contribution is 2.37. The minimum Gasteiger partial charge on any atom is -0.482 e. The fourth-order valence-electron chi connectivity index (χ4n) is 3.58. The number of carbonyl (C=O) groups is 1. The molecule has 0 saturated carbocycles. The molecule has 5 heteroatoms. The van der Waals surface area contributed by atoms with Gasteiger partial charge in [-0.2, -0.15) is 0 Å². The van der Waals surface area contributed by atoms with Crippen LogP contribution in [0.3, 0.4) is 0 Å². The first-order valence-corrected chi connectivity index (χ1v) is 10.7. The Hall–Kier alpha value is -3.08. The van der Waals surface area contributed by atoms with Crippen molar-refractivity contribution in [2.45, 2.75) is 59.0 Å². The topological polar surface area (TPSA) is 65.7 Å². The highest BCUT2D eigenvalue weighted by molar-refractivity contribution is 5.87. The number of rotatable bonds is 8. The molecule has 5 nitrogen and oxygen atoms in total. The number of benzene rings is 1. The molecule has 0 amide bonds. The quantitative estimate of drug-likeness (QED) is 0.298. The molecule has 2 aromatic rings. The maximum atomic E-state index is 12.3. The van der Waals surface area contributed by atoms with Gasteiger partial charge in [0.1, 0.15) is 29.1 Å². The number of ether oxygens (including phenoxy) is 2. The molecule has 1 aromatic carbocycles. The molecule has 0 spiro atoms. The molecule has 1 atom stereocenters. The van der Waals surface area contributed by atoms with Crippen molar-refractivity contribution in [2.24, 2.45) is 0 Å². The minimum absolute atomic E-state index is 0.257. The van der Waals surface area contributed by atoms with Gasteiger partial charge in [-0.3, -0.25) is 4.79 Å². The van der Waals surface area contributed by atoms with Crippen molar-refractivity contribution in [2.75, 3.05) is 6.61 Å². The average Bonchev–Trinajstić information content (AvgIpc) is 2.72. The summed E-state index contributed by atoms with van der Waals surface area (Å²) < 4.78 is 16.7. The van der Waals surface area contributed by atoms with Crippen molar-refractivity contribution in [1.29, 1.82) is 0 Å². The molecule has 1 aliphatic rings. The van der Waals surface area contributed by atoms with Gasteiger partial charge in [0.2, 0.25) is 0 Å². The molecule has 0 bridgehead atoms. The summed E-state index contributed by atoms with van der Waals surface area (Å²) in [5.74, 6) is 0.346. The van der Waals surface area contributed by atoms with E-state index in [2.05, 4.69) is 19.1 Å². The minimum atomic E-state index is -0.485. The summed E-state index contributed by atoms with van der Waals surface area (Å²) in [6.45, 7) is 7.91. The van der Waals surface area contributed by atoms with E-state index in [0.717, 1.165) is 36.6 Å². The summed E-state index contributed by atoms with van der Waals surface area (Å²) in [6, 6.07) is 7.45. The van der Waals surface area contributed by atoms with Crippen LogP contribution in [0, 0.1) is 0 Å². The predicted molar refractivity (Wildman–Crippen MR) is 123 cm³/mol. The Bertz CT molecular complexity index is 1100. The number of para-hydroxylation sites is 1. The van der Waals surface area contributed by atoms with Crippen molar-refractivity contribution < 1.29 is 18.7 Å². The number of carbonyl (C=O) groups excluding carboxylic acids is 1. The van der Waals surface area contributed by atoms with E-state index in [1.165, 1.54) is 12.5 Å². The van der Waals surface area contributed by atoms with Crippen LogP contribution in [0.4, 0.5) is 0 Å². The Labute approximate surface area is 183 Å². The van der Waals surface area contributed by atoms with Gasteiger partial charge < -0.3 is 13.9 Å². The van der Waals surface area contributed by atoms with Crippen LogP contribution >= 0.6 is 0 Å². The van der Waals surface area contributed by atoms with Gasteiger partial charge in [0.15, 0.2) is 0 Å². The summed E-state index contributed by atoms with van der Waals surface area (Å²) >= 11 is 0. The Morgan fingerprint density at radius 3 is 2.61 bits per heavy atom. The fraction of sp³-hybridized carbons (Fsp3) is 0.385. The molecule has 0 saturated heterocycles. The summed E-state index contributed by atoms with van der Waals surface area (Å²) in [7, 11) is 0. The lowest BCUT2D eigenvalue weighted by Gasteiger charge is -2.31. The standard InChI is InChI=1S/C26H30O5/c1-18(9-7-10-19(2)17-29-20(3)27)11-8-15-26(4)16-14-22-24(31-26)21-12-5-6-13-23(21)30-25(22)28/h5-6,10-14,16H,7-9,15,17H2,1-4H3/b18-11+,19-10-/t26-/m0/s1. The zero-order valence-corrected chi connectivity index (χ0v) is 18.7. The summed E-state index contributed by atoms with van der Waals surface area (Å²) in [5, 5.41) is 0.815. The van der Waals surface area contributed by atoms with E-state index in [1.54, 1.807) is 6.07 Å². The second-order valence-corrected chi connectivity index (χ2v) is 8.34. The van der Waals surface area contributed by atoms with Crippen molar-refractivity contribution in [1.82, 2.24) is 0 Å². The first-order chi connectivity index (χ1) is 14.8. The lowest BCUT2D eigenvalue weighted by molar-refractivity contribution is -0.139. The molecule has 1 aliphatic heterocycles. The maximum absolute atomic E-state index is 12.3. The second kappa shape index (κ2) is 9.82. The third kappa shape index (κ3) is 5.97. The Balaban J connectivity index is 1.59. The van der Waals surface area contributed by atoms with Gasteiger partial charge in [-0.15, -0.1) is 0 Å². The third-order valence-electron chi connectivity index (χ3n) is 5.40. The zero-order chi connectivity index (χ0) is 22.4. The van der Waals surface area contributed by atoms with Crippen LogP contribution in [0.25, 0.3) is 17.0 Å². The third-order valence-corrected chi connectivity index (χ3v) is 5.40. The lowest BCUT2D eigenvalue weighted by atomic mass is 9.94. The number of esters is 1. The first-order valence-electron chi connectivity index (χ1n) is 10.7. The van der Waals surface area contributed by atoms with Gasteiger partial charge >= 0.3 is 11.6 Å². The van der Waals surface area contributed by atoms with Crippen LogP contribution < -0.4 is 10.4 Å². The molecule has 164 valence electrons. The van der Waals surface area contributed by atoms with E-state index in [-0.39, 0.29) is 11.6 Å². The first kappa shape index (κ1) is 22.6. The Morgan fingerprint density at radius 1 is 1.10 bits per heavy atom. The molecule has 0 radical (unpaired) electrons. The number of allylic oxidation sites excluding steroid dienone is 3. The summed E-state index contributed by atoms with van der Waals surface area (Å²) in [6.07, 6.45) is 11.7. The number of hydrogen-bond donors (Lipinski definition) is 0. The molecular weight excluding hydrogens is 392 g/mol. The van der Waals surface area contributed by atoms with Gasteiger partial charge in [-0.1, -0.05) is 29.9 Å².